The van der Waals surface area contributed by atoms with Crippen molar-refractivity contribution in [1.29, 1.82) is 0 Å². The second kappa shape index (κ2) is 4.13. The molecule has 5 nitrogen and oxygen atoms in total. The van der Waals surface area contributed by atoms with Crippen molar-refractivity contribution >= 4 is 31.3 Å². The zero-order valence-electron chi connectivity index (χ0n) is 9.86. The molecular formula is C11H12ClNO4S. The molecule has 0 fully saturated rings. The monoisotopic (exact) mass is 289 g/mol. The third-order valence-electron chi connectivity index (χ3n) is 2.68. The molecule has 1 N–H and O–H groups in total. The predicted molar refractivity (Wildman–Crippen MR) is 67.4 cm³/mol. The SMILES string of the molecule is CC1(C)COc2ccc(S(=O)(=O)Cl)cc2NC1=O. The standard InChI is InChI=1S/C11H12ClNO4S/c1-11(2)6-17-9-4-3-7(18(12,15)16)5-8(9)13-10(11)14/h3-5H,6H2,1-2H3,(H,13,14). The minimum atomic E-state index is -3.83. The van der Waals surface area contributed by atoms with Crippen molar-refractivity contribution in [3.8, 4) is 5.75 Å². The fourth-order valence-corrected chi connectivity index (χ4v) is 2.28. The van der Waals surface area contributed by atoms with Crippen LogP contribution >= 0.6 is 10.7 Å². The third-order valence-corrected chi connectivity index (χ3v) is 4.04. The number of hydrogen-bond donors (Lipinski definition) is 1. The number of ether oxygens (including phenoxy) is 1. The maximum atomic E-state index is 11.9. The van der Waals surface area contributed by atoms with Crippen molar-refractivity contribution in [2.75, 3.05) is 11.9 Å². The second-order valence-electron chi connectivity index (χ2n) is 4.72. The lowest BCUT2D eigenvalue weighted by Gasteiger charge is -2.18. The Bertz CT molecular complexity index is 609. The van der Waals surface area contributed by atoms with Crippen LogP contribution in [0.25, 0.3) is 0 Å². The number of rotatable bonds is 1. The summed E-state index contributed by atoms with van der Waals surface area (Å²) in [5.41, 5.74) is -0.369. The summed E-state index contributed by atoms with van der Waals surface area (Å²) in [5, 5.41) is 2.64. The highest BCUT2D eigenvalue weighted by atomic mass is 35.7. The smallest absolute Gasteiger partial charge is 0.261 e. The molecule has 98 valence electrons. The fourth-order valence-electron chi connectivity index (χ4n) is 1.50. The topological polar surface area (TPSA) is 72.5 Å². The van der Waals surface area contributed by atoms with Crippen LogP contribution in [0.15, 0.2) is 23.1 Å². The van der Waals surface area contributed by atoms with Gasteiger partial charge in [0.25, 0.3) is 9.05 Å². The van der Waals surface area contributed by atoms with E-state index in [1.165, 1.54) is 18.2 Å². The number of anilines is 1. The number of hydrogen-bond acceptors (Lipinski definition) is 4. The van der Waals surface area contributed by atoms with Crippen LogP contribution in [-0.4, -0.2) is 20.9 Å². The van der Waals surface area contributed by atoms with Gasteiger partial charge in [-0.2, -0.15) is 0 Å². The first kappa shape index (κ1) is 13.2. The van der Waals surface area contributed by atoms with E-state index in [0.29, 0.717) is 11.4 Å². The maximum Gasteiger partial charge on any atom is 0.261 e. The maximum absolute atomic E-state index is 11.9. The molecule has 0 aliphatic carbocycles. The van der Waals surface area contributed by atoms with Gasteiger partial charge in [0.15, 0.2) is 0 Å². The first-order valence-electron chi connectivity index (χ1n) is 5.23. The number of benzene rings is 1. The Kier molecular flexibility index (Phi) is 3.03. The van der Waals surface area contributed by atoms with Gasteiger partial charge in [-0.1, -0.05) is 0 Å². The van der Waals surface area contributed by atoms with Crippen LogP contribution in [-0.2, 0) is 13.8 Å². The average molecular weight is 290 g/mol. The molecule has 1 aliphatic heterocycles. The normalized spacial score (nSPS) is 18.3. The Hall–Kier alpha value is -1.27. The Morgan fingerprint density at radius 3 is 2.67 bits per heavy atom. The molecule has 2 rings (SSSR count). The average Bonchev–Trinajstić information content (AvgIpc) is 2.35. The van der Waals surface area contributed by atoms with E-state index >= 15 is 0 Å². The molecule has 0 saturated heterocycles. The van der Waals surface area contributed by atoms with Crippen LogP contribution in [0.5, 0.6) is 5.75 Å². The molecule has 0 bridgehead atoms. The number of amides is 1. The molecule has 0 unspecified atom stereocenters. The molecule has 1 heterocycles. The van der Waals surface area contributed by atoms with E-state index in [9.17, 15) is 13.2 Å². The Balaban J connectivity index is 2.48. The Labute approximate surface area is 110 Å². The highest BCUT2D eigenvalue weighted by Gasteiger charge is 2.32. The van der Waals surface area contributed by atoms with Gasteiger partial charge >= 0.3 is 0 Å². The molecule has 18 heavy (non-hydrogen) atoms. The summed E-state index contributed by atoms with van der Waals surface area (Å²) >= 11 is 0. The van der Waals surface area contributed by atoms with Crippen molar-refractivity contribution < 1.29 is 17.9 Å². The van der Waals surface area contributed by atoms with Gasteiger partial charge in [-0.3, -0.25) is 4.79 Å². The lowest BCUT2D eigenvalue weighted by atomic mass is 9.94. The molecular weight excluding hydrogens is 278 g/mol. The van der Waals surface area contributed by atoms with Gasteiger partial charge in [-0.15, -0.1) is 0 Å². The van der Waals surface area contributed by atoms with Gasteiger partial charge in [0.2, 0.25) is 5.91 Å². The van der Waals surface area contributed by atoms with Gasteiger partial charge < -0.3 is 10.1 Å². The molecule has 0 atom stereocenters. The summed E-state index contributed by atoms with van der Waals surface area (Å²) in [6, 6.07) is 4.11. The molecule has 1 amide bonds. The molecule has 0 saturated carbocycles. The molecule has 0 aromatic heterocycles. The number of halogens is 1. The van der Waals surface area contributed by atoms with Crippen molar-refractivity contribution in [3.63, 3.8) is 0 Å². The molecule has 0 spiro atoms. The van der Waals surface area contributed by atoms with E-state index in [2.05, 4.69) is 5.32 Å². The summed E-state index contributed by atoms with van der Waals surface area (Å²) in [6.45, 7) is 3.71. The first-order valence-corrected chi connectivity index (χ1v) is 7.54. The van der Waals surface area contributed by atoms with Crippen LogP contribution in [0.4, 0.5) is 5.69 Å². The van der Waals surface area contributed by atoms with E-state index in [-0.39, 0.29) is 17.4 Å². The summed E-state index contributed by atoms with van der Waals surface area (Å²) in [5.74, 6) is 0.198. The predicted octanol–water partition coefficient (Wildman–Crippen LogP) is 1.97. The molecule has 1 aromatic carbocycles. The summed E-state index contributed by atoms with van der Waals surface area (Å²) < 4.78 is 27.9. The first-order chi connectivity index (χ1) is 8.20. The zero-order chi connectivity index (χ0) is 13.6. The van der Waals surface area contributed by atoms with Gasteiger partial charge in [0, 0.05) is 10.7 Å². The lowest BCUT2D eigenvalue weighted by Crippen LogP contribution is -2.33. The second-order valence-corrected chi connectivity index (χ2v) is 7.29. The quantitative estimate of drug-likeness (QED) is 0.802. The van der Waals surface area contributed by atoms with E-state index < -0.39 is 14.5 Å². The van der Waals surface area contributed by atoms with Gasteiger partial charge in [-0.25, -0.2) is 8.42 Å². The Morgan fingerprint density at radius 1 is 1.39 bits per heavy atom. The third kappa shape index (κ3) is 2.44. The van der Waals surface area contributed by atoms with Crippen molar-refractivity contribution in [3.05, 3.63) is 18.2 Å². The minimum absolute atomic E-state index is 0.0773. The van der Waals surface area contributed by atoms with Crippen LogP contribution in [0, 0.1) is 5.41 Å². The highest BCUT2D eigenvalue weighted by molar-refractivity contribution is 8.13. The zero-order valence-corrected chi connectivity index (χ0v) is 11.4. The molecule has 0 radical (unpaired) electrons. The summed E-state index contributed by atoms with van der Waals surface area (Å²) in [6.07, 6.45) is 0. The van der Waals surface area contributed by atoms with E-state index in [4.69, 9.17) is 15.4 Å². The largest absolute Gasteiger partial charge is 0.490 e. The van der Waals surface area contributed by atoms with Crippen LogP contribution in [0.2, 0.25) is 0 Å². The minimum Gasteiger partial charge on any atom is -0.490 e. The number of fused-ring (bicyclic) bond motifs is 1. The number of carbonyl (C=O) groups excluding carboxylic acids is 1. The summed E-state index contributed by atoms with van der Waals surface area (Å²) in [7, 11) is 1.42. The molecule has 1 aromatic rings. The van der Waals surface area contributed by atoms with Crippen LogP contribution < -0.4 is 10.1 Å². The molecule has 1 aliphatic rings. The van der Waals surface area contributed by atoms with Gasteiger partial charge in [0.05, 0.1) is 16.0 Å². The van der Waals surface area contributed by atoms with Crippen LogP contribution in [0.1, 0.15) is 13.8 Å². The molecule has 7 heteroatoms. The summed E-state index contributed by atoms with van der Waals surface area (Å²) in [4.78, 5) is 11.8. The van der Waals surface area contributed by atoms with Crippen molar-refractivity contribution in [2.24, 2.45) is 5.41 Å². The van der Waals surface area contributed by atoms with Gasteiger partial charge in [0.1, 0.15) is 12.4 Å². The number of carbonyl (C=O) groups is 1. The van der Waals surface area contributed by atoms with Gasteiger partial charge in [-0.05, 0) is 32.0 Å². The van der Waals surface area contributed by atoms with Crippen molar-refractivity contribution in [2.45, 2.75) is 18.7 Å². The fraction of sp³-hybridized carbons (Fsp3) is 0.364. The van der Waals surface area contributed by atoms with E-state index in [0.717, 1.165) is 0 Å². The highest BCUT2D eigenvalue weighted by Crippen LogP contribution is 2.34. The van der Waals surface area contributed by atoms with E-state index in [1.54, 1.807) is 13.8 Å². The Morgan fingerprint density at radius 2 is 2.06 bits per heavy atom. The van der Waals surface area contributed by atoms with E-state index in [1.807, 2.05) is 0 Å². The lowest BCUT2D eigenvalue weighted by molar-refractivity contribution is -0.124. The number of nitrogens with one attached hydrogen (secondary N) is 1. The van der Waals surface area contributed by atoms with Crippen LogP contribution in [0.3, 0.4) is 0 Å². The van der Waals surface area contributed by atoms with Crippen molar-refractivity contribution in [1.82, 2.24) is 0 Å².